The summed E-state index contributed by atoms with van der Waals surface area (Å²) >= 11 is 0. The van der Waals surface area contributed by atoms with Gasteiger partial charge >= 0.3 is 0 Å². The van der Waals surface area contributed by atoms with E-state index in [0.717, 1.165) is 44.7 Å². The van der Waals surface area contributed by atoms with Gasteiger partial charge in [0.15, 0.2) is 0 Å². The van der Waals surface area contributed by atoms with Crippen molar-refractivity contribution in [3.63, 3.8) is 0 Å². The topological polar surface area (TPSA) is 61.0 Å². The van der Waals surface area contributed by atoms with Crippen LogP contribution in [0.15, 0.2) is 0 Å². The molecule has 1 aliphatic heterocycles. The summed E-state index contributed by atoms with van der Waals surface area (Å²) in [6, 6.07) is 0. The Morgan fingerprint density at radius 3 is 2.75 bits per heavy atom. The SMILES string of the molecule is Nc1nc(C2CCOCC2)nc2c1CCC2. The molecule has 16 heavy (non-hydrogen) atoms. The van der Waals surface area contributed by atoms with Crippen LogP contribution in [0.25, 0.3) is 0 Å². The van der Waals surface area contributed by atoms with Crippen LogP contribution >= 0.6 is 0 Å². The van der Waals surface area contributed by atoms with Crippen LogP contribution in [0.2, 0.25) is 0 Å². The molecular formula is C12H17N3O. The van der Waals surface area contributed by atoms with Gasteiger partial charge < -0.3 is 10.5 Å². The van der Waals surface area contributed by atoms with Gasteiger partial charge in [0.1, 0.15) is 11.6 Å². The molecule has 0 spiro atoms. The zero-order valence-corrected chi connectivity index (χ0v) is 9.41. The van der Waals surface area contributed by atoms with Crippen LogP contribution in [0.5, 0.6) is 0 Å². The van der Waals surface area contributed by atoms with Crippen LogP contribution in [-0.2, 0) is 17.6 Å². The molecule has 2 N–H and O–H groups in total. The highest BCUT2D eigenvalue weighted by molar-refractivity contribution is 5.45. The van der Waals surface area contributed by atoms with Crippen molar-refractivity contribution in [1.82, 2.24) is 9.97 Å². The highest BCUT2D eigenvalue weighted by Crippen LogP contribution is 2.29. The molecule has 0 radical (unpaired) electrons. The molecule has 1 aromatic heterocycles. The third-order valence-corrected chi connectivity index (χ3v) is 3.57. The highest BCUT2D eigenvalue weighted by atomic mass is 16.5. The lowest BCUT2D eigenvalue weighted by molar-refractivity contribution is 0.0835. The Morgan fingerprint density at radius 2 is 1.94 bits per heavy atom. The summed E-state index contributed by atoms with van der Waals surface area (Å²) in [6.07, 6.45) is 5.34. The molecule has 86 valence electrons. The van der Waals surface area contributed by atoms with Crippen molar-refractivity contribution in [3.8, 4) is 0 Å². The Bertz CT molecular complexity index is 399. The summed E-state index contributed by atoms with van der Waals surface area (Å²) < 4.78 is 5.36. The maximum Gasteiger partial charge on any atom is 0.134 e. The zero-order chi connectivity index (χ0) is 11.0. The minimum absolute atomic E-state index is 0.446. The lowest BCUT2D eigenvalue weighted by Gasteiger charge is -2.21. The molecule has 0 amide bonds. The summed E-state index contributed by atoms with van der Waals surface area (Å²) in [5, 5.41) is 0. The number of fused-ring (bicyclic) bond motifs is 1. The smallest absolute Gasteiger partial charge is 0.134 e. The first-order valence-corrected chi connectivity index (χ1v) is 6.07. The Balaban J connectivity index is 1.92. The summed E-state index contributed by atoms with van der Waals surface area (Å²) in [7, 11) is 0. The van der Waals surface area contributed by atoms with Crippen molar-refractivity contribution >= 4 is 5.82 Å². The third kappa shape index (κ3) is 1.67. The predicted octanol–water partition coefficient (Wildman–Crippen LogP) is 1.44. The maximum absolute atomic E-state index is 6.00. The van der Waals surface area contributed by atoms with Gasteiger partial charge in [-0.1, -0.05) is 0 Å². The number of nitrogens with zero attached hydrogens (tertiary/aromatic N) is 2. The molecule has 1 fully saturated rings. The molecule has 1 saturated heterocycles. The fourth-order valence-electron chi connectivity index (χ4n) is 2.62. The Hall–Kier alpha value is -1.16. The van der Waals surface area contributed by atoms with Gasteiger partial charge in [0, 0.05) is 30.4 Å². The number of aryl methyl sites for hydroxylation is 1. The maximum atomic E-state index is 6.00. The Labute approximate surface area is 95.2 Å². The van der Waals surface area contributed by atoms with Crippen molar-refractivity contribution in [2.24, 2.45) is 0 Å². The largest absolute Gasteiger partial charge is 0.383 e. The van der Waals surface area contributed by atoms with Crippen molar-refractivity contribution in [3.05, 3.63) is 17.1 Å². The van der Waals surface area contributed by atoms with E-state index in [2.05, 4.69) is 4.98 Å². The quantitative estimate of drug-likeness (QED) is 0.776. The first-order valence-electron chi connectivity index (χ1n) is 6.07. The molecule has 0 atom stereocenters. The van der Waals surface area contributed by atoms with E-state index >= 15 is 0 Å². The normalized spacial score (nSPS) is 21.0. The lowest BCUT2D eigenvalue weighted by Crippen LogP contribution is -2.18. The van der Waals surface area contributed by atoms with Crippen LogP contribution < -0.4 is 5.73 Å². The molecular weight excluding hydrogens is 202 g/mol. The van der Waals surface area contributed by atoms with Crippen LogP contribution in [-0.4, -0.2) is 23.2 Å². The monoisotopic (exact) mass is 219 g/mol. The standard InChI is InChI=1S/C12H17N3O/c13-11-9-2-1-3-10(9)14-12(15-11)8-4-6-16-7-5-8/h8H,1-7H2,(H2,13,14,15). The predicted molar refractivity (Wildman–Crippen MR) is 61.3 cm³/mol. The molecule has 1 aliphatic carbocycles. The number of hydrogen-bond acceptors (Lipinski definition) is 4. The van der Waals surface area contributed by atoms with Gasteiger partial charge in [0.2, 0.25) is 0 Å². The van der Waals surface area contributed by atoms with E-state index < -0.39 is 0 Å². The lowest BCUT2D eigenvalue weighted by atomic mass is 9.99. The first kappa shape index (κ1) is 10.0. The van der Waals surface area contributed by atoms with Crippen LogP contribution in [0, 0.1) is 0 Å². The Morgan fingerprint density at radius 1 is 1.12 bits per heavy atom. The molecule has 0 aromatic carbocycles. The third-order valence-electron chi connectivity index (χ3n) is 3.57. The molecule has 3 rings (SSSR count). The fraction of sp³-hybridized carbons (Fsp3) is 0.667. The van der Waals surface area contributed by atoms with Gasteiger partial charge in [-0.3, -0.25) is 0 Å². The average molecular weight is 219 g/mol. The Kier molecular flexibility index (Phi) is 2.52. The van der Waals surface area contributed by atoms with Gasteiger partial charge in [-0.2, -0.15) is 0 Å². The van der Waals surface area contributed by atoms with E-state index in [1.807, 2.05) is 0 Å². The van der Waals surface area contributed by atoms with Crippen LogP contribution in [0.3, 0.4) is 0 Å². The minimum Gasteiger partial charge on any atom is -0.383 e. The van der Waals surface area contributed by atoms with Crippen LogP contribution in [0.1, 0.15) is 42.3 Å². The van der Waals surface area contributed by atoms with E-state index in [-0.39, 0.29) is 0 Å². The number of aromatic nitrogens is 2. The summed E-state index contributed by atoms with van der Waals surface area (Å²) in [4.78, 5) is 9.17. The fourth-order valence-corrected chi connectivity index (χ4v) is 2.62. The molecule has 2 heterocycles. The number of nitrogen functional groups attached to an aromatic ring is 1. The second-order valence-electron chi connectivity index (χ2n) is 4.63. The van der Waals surface area contributed by atoms with Crippen molar-refractivity contribution in [1.29, 1.82) is 0 Å². The van der Waals surface area contributed by atoms with Gasteiger partial charge in [-0.25, -0.2) is 9.97 Å². The van der Waals surface area contributed by atoms with E-state index in [4.69, 9.17) is 15.5 Å². The van der Waals surface area contributed by atoms with Crippen LogP contribution in [0.4, 0.5) is 5.82 Å². The van der Waals surface area contributed by atoms with Crippen molar-refractivity contribution < 1.29 is 4.74 Å². The number of nitrogens with two attached hydrogens (primary N) is 1. The number of rotatable bonds is 1. The van der Waals surface area contributed by atoms with E-state index in [9.17, 15) is 0 Å². The second-order valence-corrected chi connectivity index (χ2v) is 4.63. The summed E-state index contributed by atoms with van der Waals surface area (Å²) in [5.41, 5.74) is 8.38. The molecule has 0 bridgehead atoms. The van der Waals surface area contributed by atoms with Gasteiger partial charge in [0.25, 0.3) is 0 Å². The number of anilines is 1. The summed E-state index contributed by atoms with van der Waals surface area (Å²) in [6.45, 7) is 1.65. The van der Waals surface area contributed by atoms with Gasteiger partial charge in [-0.05, 0) is 32.1 Å². The zero-order valence-electron chi connectivity index (χ0n) is 9.41. The van der Waals surface area contributed by atoms with Gasteiger partial charge in [-0.15, -0.1) is 0 Å². The second kappa shape index (κ2) is 4.01. The molecule has 0 saturated carbocycles. The van der Waals surface area contributed by atoms with E-state index in [0.29, 0.717) is 11.7 Å². The number of hydrogen-bond donors (Lipinski definition) is 1. The van der Waals surface area contributed by atoms with E-state index in [1.165, 1.54) is 17.7 Å². The molecule has 4 heteroatoms. The van der Waals surface area contributed by atoms with Crippen molar-refractivity contribution in [2.75, 3.05) is 18.9 Å². The molecule has 4 nitrogen and oxygen atoms in total. The molecule has 1 aromatic rings. The number of ether oxygens (including phenoxy) is 1. The average Bonchev–Trinajstić information content (AvgIpc) is 2.79. The molecule has 2 aliphatic rings. The first-order chi connectivity index (χ1) is 7.84. The highest BCUT2D eigenvalue weighted by Gasteiger charge is 2.23. The minimum atomic E-state index is 0.446. The molecule has 0 unspecified atom stereocenters. The van der Waals surface area contributed by atoms with Gasteiger partial charge in [0.05, 0.1) is 0 Å². The summed E-state index contributed by atoms with van der Waals surface area (Å²) in [5.74, 6) is 2.10. The van der Waals surface area contributed by atoms with E-state index in [1.54, 1.807) is 0 Å². The van der Waals surface area contributed by atoms with Crippen molar-refractivity contribution in [2.45, 2.75) is 38.0 Å².